The Balaban J connectivity index is 2.40. The third-order valence-corrected chi connectivity index (χ3v) is 3.04. The van der Waals surface area contributed by atoms with E-state index in [-0.39, 0.29) is 11.5 Å². The van der Waals surface area contributed by atoms with Crippen molar-refractivity contribution in [3.8, 4) is 0 Å². The zero-order valence-corrected chi connectivity index (χ0v) is 10.1. The molecule has 0 spiro atoms. The Hall–Kier alpha value is -2.17. The molecule has 1 heterocycles. The number of rotatable bonds is 3. The number of hydrogen-bond acceptors (Lipinski definition) is 2. The van der Waals surface area contributed by atoms with Crippen LogP contribution in [-0.4, -0.2) is 21.3 Å². The van der Waals surface area contributed by atoms with Crippen molar-refractivity contribution in [3.63, 3.8) is 0 Å². The average Bonchev–Trinajstić information content (AvgIpc) is 2.79. The van der Waals surface area contributed by atoms with Crippen LogP contribution >= 0.6 is 0 Å². The molecule has 1 aromatic carbocycles. The third kappa shape index (κ3) is 2.11. The van der Waals surface area contributed by atoms with Gasteiger partial charge in [0.2, 0.25) is 0 Å². The van der Waals surface area contributed by atoms with E-state index in [9.17, 15) is 9.18 Å². The monoisotopic (exact) mass is 248 g/mol. The predicted molar refractivity (Wildman–Crippen MR) is 64.1 cm³/mol. The van der Waals surface area contributed by atoms with Gasteiger partial charge in [-0.1, -0.05) is 26.0 Å². The Kier molecular flexibility index (Phi) is 2.90. The maximum Gasteiger partial charge on any atom is 0.356 e. The summed E-state index contributed by atoms with van der Waals surface area (Å²) in [6.45, 7) is 3.83. The summed E-state index contributed by atoms with van der Waals surface area (Å²) in [6.07, 6.45) is 0. The van der Waals surface area contributed by atoms with Crippen LogP contribution in [0.25, 0.3) is 0 Å². The van der Waals surface area contributed by atoms with E-state index >= 15 is 0 Å². The Morgan fingerprint density at radius 1 is 1.33 bits per heavy atom. The van der Waals surface area contributed by atoms with E-state index in [4.69, 9.17) is 5.11 Å². The molecule has 0 saturated heterocycles. The lowest BCUT2D eigenvalue weighted by Gasteiger charge is -2.23. The van der Waals surface area contributed by atoms with Crippen molar-refractivity contribution < 1.29 is 14.3 Å². The Labute approximate surface area is 103 Å². The van der Waals surface area contributed by atoms with Gasteiger partial charge in [-0.25, -0.2) is 9.18 Å². The number of nitrogens with one attached hydrogen (secondary N) is 1. The smallest absolute Gasteiger partial charge is 0.356 e. The normalized spacial score (nSPS) is 11.5. The van der Waals surface area contributed by atoms with E-state index in [1.807, 2.05) is 13.8 Å². The van der Waals surface area contributed by atoms with Gasteiger partial charge in [-0.3, -0.25) is 5.10 Å². The topological polar surface area (TPSA) is 66.0 Å². The van der Waals surface area contributed by atoms with Crippen molar-refractivity contribution >= 4 is 5.97 Å². The minimum absolute atomic E-state index is 0.0276. The highest BCUT2D eigenvalue weighted by Gasteiger charge is 2.26. The highest BCUT2D eigenvalue weighted by atomic mass is 19.1. The molecule has 0 amide bonds. The number of aromatic carboxylic acids is 1. The summed E-state index contributed by atoms with van der Waals surface area (Å²) in [4.78, 5) is 10.8. The first-order valence-electron chi connectivity index (χ1n) is 5.46. The zero-order valence-electron chi connectivity index (χ0n) is 10.1. The SMILES string of the molecule is CC(C)(c1ccc(F)cc1)c1cc(C(=O)O)n[nH]1. The van der Waals surface area contributed by atoms with Gasteiger partial charge in [0, 0.05) is 11.1 Å². The van der Waals surface area contributed by atoms with Crippen LogP contribution in [-0.2, 0) is 5.41 Å². The molecule has 5 heteroatoms. The summed E-state index contributed by atoms with van der Waals surface area (Å²) in [5.41, 5.74) is 1.06. The fourth-order valence-electron chi connectivity index (χ4n) is 1.77. The molecule has 0 bridgehead atoms. The van der Waals surface area contributed by atoms with Gasteiger partial charge >= 0.3 is 5.97 Å². The minimum atomic E-state index is -1.08. The van der Waals surface area contributed by atoms with Gasteiger partial charge in [0.05, 0.1) is 0 Å². The Bertz CT molecular complexity index is 573. The number of aromatic nitrogens is 2. The maximum atomic E-state index is 12.9. The number of nitrogens with zero attached hydrogens (tertiary/aromatic N) is 1. The lowest BCUT2D eigenvalue weighted by atomic mass is 9.81. The minimum Gasteiger partial charge on any atom is -0.476 e. The van der Waals surface area contributed by atoms with E-state index in [1.54, 1.807) is 12.1 Å². The van der Waals surface area contributed by atoms with Gasteiger partial charge in [-0.2, -0.15) is 5.10 Å². The molecule has 0 radical (unpaired) electrons. The van der Waals surface area contributed by atoms with Gasteiger partial charge in [0.15, 0.2) is 5.69 Å². The molecule has 0 aliphatic rings. The first-order valence-corrected chi connectivity index (χ1v) is 5.46. The average molecular weight is 248 g/mol. The third-order valence-electron chi connectivity index (χ3n) is 3.04. The van der Waals surface area contributed by atoms with Gasteiger partial charge in [-0.15, -0.1) is 0 Å². The van der Waals surface area contributed by atoms with E-state index in [0.717, 1.165) is 5.56 Å². The molecule has 18 heavy (non-hydrogen) atoms. The van der Waals surface area contributed by atoms with Crippen molar-refractivity contribution in [2.24, 2.45) is 0 Å². The summed E-state index contributed by atoms with van der Waals surface area (Å²) in [7, 11) is 0. The summed E-state index contributed by atoms with van der Waals surface area (Å²) in [5, 5.41) is 15.3. The number of aromatic amines is 1. The van der Waals surface area contributed by atoms with Crippen LogP contribution in [0.3, 0.4) is 0 Å². The van der Waals surface area contributed by atoms with Gasteiger partial charge in [-0.05, 0) is 23.8 Å². The second kappa shape index (κ2) is 4.25. The molecule has 0 fully saturated rings. The van der Waals surface area contributed by atoms with E-state index < -0.39 is 11.4 Å². The highest BCUT2D eigenvalue weighted by Crippen LogP contribution is 2.30. The molecule has 2 rings (SSSR count). The predicted octanol–water partition coefficient (Wildman–Crippen LogP) is 2.57. The second-order valence-corrected chi connectivity index (χ2v) is 4.60. The summed E-state index contributed by atoms with van der Waals surface area (Å²) in [5.74, 6) is -1.38. The summed E-state index contributed by atoms with van der Waals surface area (Å²) < 4.78 is 12.9. The zero-order chi connectivity index (χ0) is 13.3. The molecule has 0 saturated carbocycles. The fourth-order valence-corrected chi connectivity index (χ4v) is 1.77. The van der Waals surface area contributed by atoms with Crippen LogP contribution < -0.4 is 0 Å². The molecular formula is C13H13FN2O2. The fraction of sp³-hybridized carbons (Fsp3) is 0.231. The number of halogens is 1. The molecule has 2 N–H and O–H groups in total. The highest BCUT2D eigenvalue weighted by molar-refractivity contribution is 5.85. The maximum absolute atomic E-state index is 12.9. The number of benzene rings is 1. The van der Waals surface area contributed by atoms with Crippen molar-refractivity contribution in [2.75, 3.05) is 0 Å². The molecule has 0 unspecified atom stereocenters. The first kappa shape index (κ1) is 12.3. The van der Waals surface area contributed by atoms with Gasteiger partial charge in [0.1, 0.15) is 5.82 Å². The molecule has 0 aliphatic carbocycles. The van der Waals surface area contributed by atoms with Crippen LogP contribution in [0.1, 0.15) is 35.6 Å². The standard InChI is InChI=1S/C13H13FN2O2/c1-13(2,8-3-5-9(14)6-4-8)11-7-10(12(17)18)15-16-11/h3-7H,1-2H3,(H,15,16)(H,17,18). The Morgan fingerprint density at radius 2 is 1.94 bits per heavy atom. The van der Waals surface area contributed by atoms with Gasteiger partial charge in [0.25, 0.3) is 0 Å². The quantitative estimate of drug-likeness (QED) is 0.877. The molecule has 0 atom stereocenters. The first-order chi connectivity index (χ1) is 8.41. The molecule has 0 aliphatic heterocycles. The summed E-state index contributed by atoms with van der Waals surface area (Å²) in [6, 6.07) is 7.61. The van der Waals surface area contributed by atoms with Crippen LogP contribution in [0, 0.1) is 5.82 Å². The van der Waals surface area contributed by atoms with Crippen molar-refractivity contribution in [1.82, 2.24) is 10.2 Å². The molecule has 1 aromatic heterocycles. The van der Waals surface area contributed by atoms with Crippen LogP contribution in [0.4, 0.5) is 4.39 Å². The van der Waals surface area contributed by atoms with Crippen LogP contribution in [0.2, 0.25) is 0 Å². The molecule has 4 nitrogen and oxygen atoms in total. The second-order valence-electron chi connectivity index (χ2n) is 4.60. The molecular weight excluding hydrogens is 235 g/mol. The Morgan fingerprint density at radius 3 is 2.44 bits per heavy atom. The van der Waals surface area contributed by atoms with Crippen LogP contribution in [0.15, 0.2) is 30.3 Å². The number of carboxylic acid groups (broad SMARTS) is 1. The number of carbonyl (C=O) groups is 1. The summed E-state index contributed by atoms with van der Waals surface area (Å²) >= 11 is 0. The van der Waals surface area contributed by atoms with E-state index in [0.29, 0.717) is 5.69 Å². The number of hydrogen-bond donors (Lipinski definition) is 2. The number of H-pyrrole nitrogens is 1. The largest absolute Gasteiger partial charge is 0.476 e. The van der Waals surface area contributed by atoms with Crippen molar-refractivity contribution in [2.45, 2.75) is 19.3 Å². The van der Waals surface area contributed by atoms with E-state index in [1.165, 1.54) is 18.2 Å². The number of carboxylic acids is 1. The lowest BCUT2D eigenvalue weighted by Crippen LogP contribution is -2.19. The molecule has 2 aromatic rings. The molecule has 94 valence electrons. The van der Waals surface area contributed by atoms with Crippen LogP contribution in [0.5, 0.6) is 0 Å². The van der Waals surface area contributed by atoms with Crippen molar-refractivity contribution in [3.05, 3.63) is 53.1 Å². The van der Waals surface area contributed by atoms with Crippen molar-refractivity contribution in [1.29, 1.82) is 0 Å². The lowest BCUT2D eigenvalue weighted by molar-refractivity contribution is 0.0690. The van der Waals surface area contributed by atoms with E-state index in [2.05, 4.69) is 10.2 Å². The van der Waals surface area contributed by atoms with Gasteiger partial charge < -0.3 is 5.11 Å².